The summed E-state index contributed by atoms with van der Waals surface area (Å²) >= 11 is 0. The Labute approximate surface area is 67.5 Å². The van der Waals surface area contributed by atoms with Gasteiger partial charge in [-0.05, 0) is 35.7 Å². The van der Waals surface area contributed by atoms with Crippen LogP contribution in [0.3, 0.4) is 0 Å². The van der Waals surface area contributed by atoms with Crippen molar-refractivity contribution in [1.82, 2.24) is 0 Å². The molecule has 2 atom stereocenters. The number of rotatable bonds is 1. The molecule has 0 saturated heterocycles. The van der Waals surface area contributed by atoms with E-state index < -0.39 is 0 Å². The van der Waals surface area contributed by atoms with Crippen LogP contribution in [0.5, 0.6) is 0 Å². The van der Waals surface area contributed by atoms with Crippen molar-refractivity contribution in [3.05, 3.63) is 11.6 Å². The van der Waals surface area contributed by atoms with E-state index in [0.29, 0.717) is 5.41 Å². The minimum Gasteiger partial charge on any atom is -0.298 e. The highest BCUT2D eigenvalue weighted by Gasteiger charge is 2.57. The van der Waals surface area contributed by atoms with E-state index in [2.05, 4.69) is 19.9 Å². The Balaban J connectivity index is 2.11. The van der Waals surface area contributed by atoms with E-state index in [1.54, 1.807) is 0 Å². The summed E-state index contributed by atoms with van der Waals surface area (Å²) in [6.07, 6.45) is 5.29. The van der Waals surface area contributed by atoms with Gasteiger partial charge in [0.25, 0.3) is 0 Å². The lowest BCUT2D eigenvalue weighted by atomic mass is 10.0. The Kier molecular flexibility index (Phi) is 1.26. The third kappa shape index (κ3) is 0.867. The zero-order valence-corrected chi connectivity index (χ0v) is 7.13. The Hall–Kier alpha value is -0.590. The molecule has 0 radical (unpaired) electrons. The highest BCUT2D eigenvalue weighted by Crippen LogP contribution is 2.64. The minimum atomic E-state index is 0.515. The van der Waals surface area contributed by atoms with E-state index in [9.17, 15) is 4.79 Å². The van der Waals surface area contributed by atoms with Crippen LogP contribution in [0.1, 0.15) is 26.7 Å². The quantitative estimate of drug-likeness (QED) is 0.523. The molecule has 0 heterocycles. The van der Waals surface area contributed by atoms with Crippen LogP contribution in [0.25, 0.3) is 0 Å². The number of hydrogen-bond donors (Lipinski definition) is 0. The van der Waals surface area contributed by atoms with Crippen LogP contribution in [0, 0.1) is 17.3 Å². The van der Waals surface area contributed by atoms with Crippen molar-refractivity contribution in [2.75, 3.05) is 0 Å². The molecule has 60 valence electrons. The maximum atomic E-state index is 10.5. The topological polar surface area (TPSA) is 17.1 Å². The zero-order valence-electron chi connectivity index (χ0n) is 7.13. The van der Waals surface area contributed by atoms with Crippen molar-refractivity contribution in [1.29, 1.82) is 0 Å². The van der Waals surface area contributed by atoms with E-state index in [1.165, 1.54) is 0 Å². The first-order valence-corrected chi connectivity index (χ1v) is 4.30. The summed E-state index contributed by atoms with van der Waals surface area (Å²) in [7, 11) is 0. The van der Waals surface area contributed by atoms with Gasteiger partial charge in [-0.25, -0.2) is 0 Å². The molecule has 0 aromatic heterocycles. The molecule has 0 spiro atoms. The first kappa shape index (κ1) is 7.08. The molecule has 1 saturated carbocycles. The van der Waals surface area contributed by atoms with Gasteiger partial charge < -0.3 is 0 Å². The van der Waals surface area contributed by atoms with Gasteiger partial charge in [0, 0.05) is 0 Å². The van der Waals surface area contributed by atoms with E-state index in [0.717, 1.165) is 36.5 Å². The lowest BCUT2D eigenvalue weighted by Gasteiger charge is -2.03. The summed E-state index contributed by atoms with van der Waals surface area (Å²) in [5, 5.41) is 0. The fraction of sp³-hybridized carbons (Fsp3) is 0.700. The maximum absolute atomic E-state index is 10.5. The molecular weight excluding hydrogens is 136 g/mol. The summed E-state index contributed by atoms with van der Waals surface area (Å²) in [5.74, 6) is 1.67. The van der Waals surface area contributed by atoms with Crippen LogP contribution in [0.4, 0.5) is 0 Å². The van der Waals surface area contributed by atoms with Gasteiger partial charge in [-0.1, -0.05) is 19.9 Å². The Morgan fingerprint density at radius 3 is 2.82 bits per heavy atom. The molecule has 11 heavy (non-hydrogen) atoms. The van der Waals surface area contributed by atoms with Crippen molar-refractivity contribution in [2.24, 2.45) is 17.3 Å². The third-order valence-corrected chi connectivity index (χ3v) is 3.53. The first-order chi connectivity index (χ1) is 5.16. The van der Waals surface area contributed by atoms with E-state index in [-0.39, 0.29) is 0 Å². The Morgan fingerprint density at radius 2 is 2.27 bits per heavy atom. The largest absolute Gasteiger partial charge is 0.298 e. The summed E-state index contributed by atoms with van der Waals surface area (Å²) in [6.45, 7) is 4.62. The van der Waals surface area contributed by atoms with E-state index in [1.807, 2.05) is 0 Å². The fourth-order valence-corrected chi connectivity index (χ4v) is 2.44. The zero-order chi connectivity index (χ0) is 8.06. The molecule has 2 rings (SSSR count). The second-order valence-corrected chi connectivity index (χ2v) is 4.37. The SMILES string of the molecule is CC1(C)C2CC=C(C=O)CC21. The lowest BCUT2D eigenvalue weighted by Crippen LogP contribution is -1.95. The Morgan fingerprint density at radius 1 is 1.55 bits per heavy atom. The summed E-state index contributed by atoms with van der Waals surface area (Å²) in [4.78, 5) is 10.5. The molecule has 2 unspecified atom stereocenters. The number of allylic oxidation sites excluding steroid dienone is 2. The second-order valence-electron chi connectivity index (χ2n) is 4.37. The molecule has 0 aliphatic heterocycles. The van der Waals surface area contributed by atoms with Crippen LogP contribution in [-0.2, 0) is 4.79 Å². The molecule has 1 nitrogen and oxygen atoms in total. The van der Waals surface area contributed by atoms with E-state index in [4.69, 9.17) is 0 Å². The number of fused-ring (bicyclic) bond motifs is 1. The molecule has 0 aromatic rings. The second kappa shape index (κ2) is 1.96. The average molecular weight is 150 g/mol. The standard InChI is InChI=1S/C10H14O/c1-10(2)8-4-3-7(6-11)5-9(8)10/h3,6,8-9H,4-5H2,1-2H3. The van der Waals surface area contributed by atoms with Gasteiger partial charge in [-0.3, -0.25) is 4.79 Å². The van der Waals surface area contributed by atoms with E-state index >= 15 is 0 Å². The number of hydrogen-bond acceptors (Lipinski definition) is 1. The van der Waals surface area contributed by atoms with Crippen LogP contribution in [0.2, 0.25) is 0 Å². The Bertz CT molecular complexity index is 225. The molecule has 0 bridgehead atoms. The highest BCUT2D eigenvalue weighted by molar-refractivity contribution is 5.73. The average Bonchev–Trinajstić information content (AvgIpc) is 2.55. The predicted octanol–water partition coefficient (Wildman–Crippen LogP) is 2.18. The van der Waals surface area contributed by atoms with Crippen molar-refractivity contribution < 1.29 is 4.79 Å². The van der Waals surface area contributed by atoms with Gasteiger partial charge in [0.05, 0.1) is 0 Å². The summed E-state index contributed by atoms with van der Waals surface area (Å²) < 4.78 is 0. The van der Waals surface area contributed by atoms with Gasteiger partial charge in [-0.15, -0.1) is 0 Å². The summed E-state index contributed by atoms with van der Waals surface area (Å²) in [5.41, 5.74) is 1.54. The van der Waals surface area contributed by atoms with Gasteiger partial charge in [0.2, 0.25) is 0 Å². The molecule has 0 aromatic carbocycles. The van der Waals surface area contributed by atoms with Crippen molar-refractivity contribution in [2.45, 2.75) is 26.7 Å². The monoisotopic (exact) mass is 150 g/mol. The highest BCUT2D eigenvalue weighted by atomic mass is 16.1. The lowest BCUT2D eigenvalue weighted by molar-refractivity contribution is -0.105. The van der Waals surface area contributed by atoms with Gasteiger partial charge in [0.15, 0.2) is 0 Å². The molecule has 2 aliphatic carbocycles. The molecular formula is C10H14O. The van der Waals surface area contributed by atoms with Gasteiger partial charge in [0.1, 0.15) is 6.29 Å². The van der Waals surface area contributed by atoms with Crippen LogP contribution >= 0.6 is 0 Å². The summed E-state index contributed by atoms with van der Waals surface area (Å²) in [6, 6.07) is 0. The number of aldehydes is 1. The smallest absolute Gasteiger partial charge is 0.145 e. The number of carbonyl (C=O) groups is 1. The van der Waals surface area contributed by atoms with Crippen LogP contribution in [-0.4, -0.2) is 6.29 Å². The number of carbonyl (C=O) groups excluding carboxylic acids is 1. The fourth-order valence-electron chi connectivity index (χ4n) is 2.44. The molecule has 1 fully saturated rings. The van der Waals surface area contributed by atoms with Crippen molar-refractivity contribution >= 4 is 6.29 Å². The minimum absolute atomic E-state index is 0.515. The van der Waals surface area contributed by atoms with Crippen molar-refractivity contribution in [3.8, 4) is 0 Å². The van der Waals surface area contributed by atoms with Gasteiger partial charge in [-0.2, -0.15) is 0 Å². The van der Waals surface area contributed by atoms with Gasteiger partial charge >= 0.3 is 0 Å². The molecule has 0 amide bonds. The first-order valence-electron chi connectivity index (χ1n) is 4.30. The maximum Gasteiger partial charge on any atom is 0.145 e. The molecule has 2 aliphatic rings. The van der Waals surface area contributed by atoms with Crippen molar-refractivity contribution in [3.63, 3.8) is 0 Å². The third-order valence-electron chi connectivity index (χ3n) is 3.53. The van der Waals surface area contributed by atoms with Crippen LogP contribution in [0.15, 0.2) is 11.6 Å². The normalized spacial score (nSPS) is 38.9. The molecule has 0 N–H and O–H groups in total. The molecule has 1 heteroatoms. The van der Waals surface area contributed by atoms with Crippen LogP contribution < -0.4 is 0 Å². The predicted molar refractivity (Wildman–Crippen MR) is 44.1 cm³/mol.